The molecular formula is C14H16ClN3O3. The predicted octanol–water partition coefficient (Wildman–Crippen LogP) is 1.50. The molecule has 2 atom stereocenters. The minimum absolute atomic E-state index is 0.321. The molecule has 1 aromatic carbocycles. The predicted molar refractivity (Wildman–Crippen MR) is 79.5 cm³/mol. The number of rotatable bonds is 3. The molecule has 0 aliphatic carbocycles. The van der Waals surface area contributed by atoms with E-state index >= 15 is 0 Å². The molecule has 21 heavy (non-hydrogen) atoms. The van der Waals surface area contributed by atoms with Gasteiger partial charge in [0.15, 0.2) is 0 Å². The fourth-order valence-electron chi connectivity index (χ4n) is 2.15. The number of anilines is 2. The Kier molecular flexibility index (Phi) is 4.18. The van der Waals surface area contributed by atoms with Gasteiger partial charge >= 0.3 is 0 Å². The van der Waals surface area contributed by atoms with E-state index in [1.807, 2.05) is 0 Å². The summed E-state index contributed by atoms with van der Waals surface area (Å²) in [4.78, 5) is 36.8. The van der Waals surface area contributed by atoms with Crippen LogP contribution in [0.15, 0.2) is 18.2 Å². The van der Waals surface area contributed by atoms with Crippen molar-refractivity contribution in [3.8, 4) is 0 Å². The molecule has 2 unspecified atom stereocenters. The first-order chi connectivity index (χ1) is 9.81. The van der Waals surface area contributed by atoms with Gasteiger partial charge in [-0.05, 0) is 18.2 Å². The Labute approximate surface area is 127 Å². The largest absolute Gasteiger partial charge is 0.397 e. The Balaban J connectivity index is 2.07. The average molecular weight is 310 g/mol. The maximum absolute atomic E-state index is 12.0. The fraction of sp³-hybridized carbons (Fsp3) is 0.357. The van der Waals surface area contributed by atoms with Gasteiger partial charge in [-0.25, -0.2) is 0 Å². The van der Waals surface area contributed by atoms with Gasteiger partial charge < -0.3 is 11.1 Å². The number of hydrogen-bond acceptors (Lipinski definition) is 4. The third-order valence-electron chi connectivity index (χ3n) is 3.65. The molecule has 7 heteroatoms. The van der Waals surface area contributed by atoms with E-state index in [2.05, 4.69) is 5.32 Å². The average Bonchev–Trinajstić information content (AvgIpc) is 2.61. The van der Waals surface area contributed by atoms with Crippen molar-refractivity contribution in [2.45, 2.75) is 13.8 Å². The van der Waals surface area contributed by atoms with Crippen molar-refractivity contribution in [1.82, 2.24) is 4.90 Å². The summed E-state index contributed by atoms with van der Waals surface area (Å²) < 4.78 is 0. The highest BCUT2D eigenvalue weighted by atomic mass is 35.5. The van der Waals surface area contributed by atoms with E-state index in [9.17, 15) is 14.4 Å². The molecule has 0 bridgehead atoms. The highest BCUT2D eigenvalue weighted by Crippen LogP contribution is 2.26. The smallest absolute Gasteiger partial charge is 0.244 e. The van der Waals surface area contributed by atoms with Crippen LogP contribution in [0, 0.1) is 11.8 Å². The van der Waals surface area contributed by atoms with E-state index in [1.54, 1.807) is 26.0 Å². The van der Waals surface area contributed by atoms with Gasteiger partial charge in [-0.1, -0.05) is 25.4 Å². The molecule has 2 rings (SSSR count). The number of halogens is 1. The molecule has 6 nitrogen and oxygen atoms in total. The number of carbonyl (C=O) groups excluding carboxylic acids is 3. The molecule has 0 radical (unpaired) electrons. The van der Waals surface area contributed by atoms with E-state index in [0.717, 1.165) is 4.90 Å². The zero-order valence-electron chi connectivity index (χ0n) is 11.7. The monoisotopic (exact) mass is 309 g/mol. The lowest BCUT2D eigenvalue weighted by Crippen LogP contribution is -2.38. The Bertz CT molecular complexity index is 597. The lowest BCUT2D eigenvalue weighted by molar-refractivity contribution is -0.142. The number of benzene rings is 1. The van der Waals surface area contributed by atoms with Crippen LogP contribution in [0.5, 0.6) is 0 Å². The highest BCUT2D eigenvalue weighted by Gasteiger charge is 2.42. The van der Waals surface area contributed by atoms with Gasteiger partial charge in [-0.15, -0.1) is 0 Å². The van der Waals surface area contributed by atoms with Crippen LogP contribution in [-0.4, -0.2) is 29.2 Å². The van der Waals surface area contributed by atoms with Gasteiger partial charge in [-0.2, -0.15) is 0 Å². The van der Waals surface area contributed by atoms with E-state index in [0.29, 0.717) is 16.4 Å². The molecule has 0 saturated carbocycles. The quantitative estimate of drug-likeness (QED) is 0.653. The van der Waals surface area contributed by atoms with Crippen LogP contribution in [0.2, 0.25) is 5.02 Å². The summed E-state index contributed by atoms with van der Waals surface area (Å²) in [6, 6.07) is 4.67. The van der Waals surface area contributed by atoms with E-state index in [-0.39, 0.29) is 18.4 Å². The summed E-state index contributed by atoms with van der Waals surface area (Å²) in [7, 11) is 0. The van der Waals surface area contributed by atoms with Gasteiger partial charge in [0.1, 0.15) is 6.54 Å². The molecule has 1 aliphatic rings. The number of nitrogens with zero attached hydrogens (tertiary/aromatic N) is 1. The van der Waals surface area contributed by atoms with Crippen molar-refractivity contribution in [1.29, 1.82) is 0 Å². The number of carbonyl (C=O) groups is 3. The summed E-state index contributed by atoms with van der Waals surface area (Å²) in [5.41, 5.74) is 6.43. The van der Waals surface area contributed by atoms with Crippen molar-refractivity contribution < 1.29 is 14.4 Å². The van der Waals surface area contributed by atoms with Crippen LogP contribution >= 0.6 is 11.6 Å². The van der Waals surface area contributed by atoms with Gasteiger partial charge in [-0.3, -0.25) is 19.3 Å². The number of amides is 3. The summed E-state index contributed by atoms with van der Waals surface area (Å²) in [5, 5.41) is 2.98. The molecule has 1 fully saturated rings. The summed E-state index contributed by atoms with van der Waals surface area (Å²) in [5.74, 6) is -1.96. The van der Waals surface area contributed by atoms with E-state index < -0.39 is 17.7 Å². The van der Waals surface area contributed by atoms with Crippen LogP contribution < -0.4 is 11.1 Å². The number of imide groups is 1. The molecule has 3 amide bonds. The zero-order valence-corrected chi connectivity index (χ0v) is 12.5. The lowest BCUT2D eigenvalue weighted by Gasteiger charge is -2.15. The minimum Gasteiger partial charge on any atom is -0.397 e. The minimum atomic E-state index is -0.494. The number of hydrogen-bond donors (Lipinski definition) is 2. The SMILES string of the molecule is CC1C(=O)N(CC(=O)Nc2cc(Cl)ccc2N)C(=O)C1C. The molecule has 3 N–H and O–H groups in total. The second-order valence-electron chi connectivity index (χ2n) is 5.12. The second kappa shape index (κ2) is 5.73. The van der Waals surface area contributed by atoms with Gasteiger partial charge in [0, 0.05) is 16.9 Å². The number of nitrogens with one attached hydrogen (secondary N) is 1. The molecule has 1 heterocycles. The second-order valence-corrected chi connectivity index (χ2v) is 5.56. The first-order valence-electron chi connectivity index (χ1n) is 6.51. The van der Waals surface area contributed by atoms with Crippen LogP contribution in [0.3, 0.4) is 0 Å². The van der Waals surface area contributed by atoms with Crippen molar-refractivity contribution in [2.75, 3.05) is 17.6 Å². The lowest BCUT2D eigenvalue weighted by atomic mass is 10.00. The van der Waals surface area contributed by atoms with Crippen LogP contribution in [0.4, 0.5) is 11.4 Å². The first kappa shape index (κ1) is 15.3. The van der Waals surface area contributed by atoms with Gasteiger partial charge in [0.05, 0.1) is 11.4 Å². The molecule has 0 spiro atoms. The Morgan fingerprint density at radius 2 is 1.86 bits per heavy atom. The maximum Gasteiger partial charge on any atom is 0.244 e. The normalized spacial score (nSPS) is 21.8. The summed E-state index contributed by atoms with van der Waals surface area (Å²) in [6.45, 7) is 3.04. The Morgan fingerprint density at radius 3 is 2.43 bits per heavy atom. The summed E-state index contributed by atoms with van der Waals surface area (Å²) >= 11 is 5.83. The first-order valence-corrected chi connectivity index (χ1v) is 6.89. The van der Waals surface area contributed by atoms with E-state index in [4.69, 9.17) is 17.3 Å². The summed E-state index contributed by atoms with van der Waals surface area (Å²) in [6.07, 6.45) is 0. The third-order valence-corrected chi connectivity index (χ3v) is 3.89. The van der Waals surface area contributed by atoms with Crippen molar-refractivity contribution >= 4 is 40.7 Å². The Morgan fingerprint density at radius 1 is 1.29 bits per heavy atom. The topological polar surface area (TPSA) is 92.5 Å². The molecule has 0 aromatic heterocycles. The molecule has 1 aromatic rings. The Hall–Kier alpha value is -2.08. The van der Waals surface area contributed by atoms with Crippen LogP contribution in [0.25, 0.3) is 0 Å². The molecule has 1 aliphatic heterocycles. The van der Waals surface area contributed by atoms with Gasteiger partial charge in [0.25, 0.3) is 0 Å². The number of nitrogens with two attached hydrogens (primary N) is 1. The fourth-order valence-corrected chi connectivity index (χ4v) is 2.33. The molecule has 1 saturated heterocycles. The van der Waals surface area contributed by atoms with Crippen molar-refractivity contribution in [3.63, 3.8) is 0 Å². The van der Waals surface area contributed by atoms with Crippen molar-refractivity contribution in [3.05, 3.63) is 23.2 Å². The van der Waals surface area contributed by atoms with Crippen LogP contribution in [0.1, 0.15) is 13.8 Å². The standard InChI is InChI=1S/C14H16ClN3O3/c1-7-8(2)14(21)18(13(7)20)6-12(19)17-11-5-9(15)3-4-10(11)16/h3-5,7-8H,6,16H2,1-2H3,(H,17,19). The zero-order chi connectivity index (χ0) is 15.7. The maximum atomic E-state index is 12.0. The number of nitrogen functional groups attached to an aromatic ring is 1. The van der Waals surface area contributed by atoms with Gasteiger partial charge in [0.2, 0.25) is 17.7 Å². The highest BCUT2D eigenvalue weighted by molar-refractivity contribution is 6.31. The molecule has 112 valence electrons. The number of likely N-dealkylation sites (tertiary alicyclic amines) is 1. The third kappa shape index (κ3) is 3.00. The van der Waals surface area contributed by atoms with Crippen molar-refractivity contribution in [2.24, 2.45) is 11.8 Å². The van der Waals surface area contributed by atoms with Crippen LogP contribution in [-0.2, 0) is 14.4 Å². The van der Waals surface area contributed by atoms with E-state index in [1.165, 1.54) is 6.07 Å². The molecular weight excluding hydrogens is 294 g/mol.